The molecule has 3 nitrogen and oxygen atoms in total. The van der Waals surface area contributed by atoms with Gasteiger partial charge in [-0.05, 0) is 31.4 Å². The van der Waals surface area contributed by atoms with Crippen LogP contribution in [0.2, 0.25) is 0 Å². The van der Waals surface area contributed by atoms with Gasteiger partial charge in [0.1, 0.15) is 0 Å². The summed E-state index contributed by atoms with van der Waals surface area (Å²) in [5.74, 6) is 0. The van der Waals surface area contributed by atoms with Gasteiger partial charge in [-0.15, -0.1) is 0 Å². The Hall–Kier alpha value is -0.943. The lowest BCUT2D eigenvalue weighted by atomic mass is 10.1. The van der Waals surface area contributed by atoms with Crippen LogP contribution in [0.25, 0.3) is 6.08 Å². The second kappa shape index (κ2) is 9.08. The van der Waals surface area contributed by atoms with Crippen molar-refractivity contribution in [2.45, 2.75) is 39.2 Å². The Morgan fingerprint density at radius 2 is 1.70 bits per heavy atom. The van der Waals surface area contributed by atoms with Gasteiger partial charge >= 0.3 is 0 Å². The maximum atomic E-state index is 5.92. The van der Waals surface area contributed by atoms with Gasteiger partial charge in [0.15, 0.2) is 5.41 Å². The first-order valence-corrected chi connectivity index (χ1v) is 8.55. The van der Waals surface area contributed by atoms with E-state index in [1.165, 1.54) is 5.56 Å². The number of ether oxygens (including phenoxy) is 2. The minimum Gasteiger partial charge on any atom is -0.414 e. The fourth-order valence-corrected chi connectivity index (χ4v) is 3.46. The molecule has 0 atom stereocenters. The molecular weight excluding hydrogens is 268 g/mol. The second-order valence-corrected chi connectivity index (χ2v) is 6.34. The van der Waals surface area contributed by atoms with Gasteiger partial charge in [-0.3, -0.25) is 0 Å². The second-order valence-electron chi connectivity index (χ2n) is 4.57. The lowest BCUT2D eigenvalue weighted by molar-refractivity contribution is -0.183. The minimum atomic E-state index is -0.927. The first-order chi connectivity index (χ1) is 9.69. The zero-order valence-electron chi connectivity index (χ0n) is 12.9. The van der Waals surface area contributed by atoms with Gasteiger partial charge in [-0.25, -0.2) is 0 Å². The van der Waals surface area contributed by atoms with Gasteiger partial charge in [0.05, 0.1) is 6.61 Å². The molecule has 0 aliphatic heterocycles. The van der Waals surface area contributed by atoms with Crippen LogP contribution in [0.1, 0.15) is 38.3 Å². The SMILES string of the molecule is C=Cc1ccc(CO[SiH2]C(CC)(OCC)OCC)cc1. The molecule has 1 rings (SSSR count). The van der Waals surface area contributed by atoms with Gasteiger partial charge in [-0.2, -0.15) is 0 Å². The number of benzene rings is 1. The van der Waals surface area contributed by atoms with Crippen LogP contribution in [-0.2, 0) is 20.5 Å². The maximum absolute atomic E-state index is 5.92. The predicted molar refractivity (Wildman–Crippen MR) is 86.1 cm³/mol. The molecule has 0 saturated heterocycles. The number of rotatable bonds is 10. The van der Waals surface area contributed by atoms with Crippen LogP contribution in [0, 0.1) is 0 Å². The quantitative estimate of drug-likeness (QED) is 0.490. The van der Waals surface area contributed by atoms with E-state index in [-0.39, 0.29) is 0 Å². The van der Waals surface area contributed by atoms with Crippen LogP contribution in [-0.4, -0.2) is 28.4 Å². The first kappa shape index (κ1) is 17.1. The first-order valence-electron chi connectivity index (χ1n) is 7.26. The zero-order chi connectivity index (χ0) is 14.8. The third kappa shape index (κ3) is 5.21. The van der Waals surface area contributed by atoms with Crippen molar-refractivity contribution in [1.82, 2.24) is 0 Å². The normalized spacial score (nSPS) is 12.2. The summed E-state index contributed by atoms with van der Waals surface area (Å²) in [4.78, 5) is 0. The molecule has 0 spiro atoms. The highest BCUT2D eigenvalue weighted by Crippen LogP contribution is 2.18. The molecule has 112 valence electrons. The molecule has 20 heavy (non-hydrogen) atoms. The molecule has 1 aromatic carbocycles. The van der Waals surface area contributed by atoms with E-state index < -0.39 is 15.2 Å². The largest absolute Gasteiger partial charge is 0.414 e. The van der Waals surface area contributed by atoms with Crippen molar-refractivity contribution in [1.29, 1.82) is 0 Å². The van der Waals surface area contributed by atoms with Gasteiger partial charge in [-0.1, -0.05) is 43.8 Å². The molecule has 0 aliphatic rings. The van der Waals surface area contributed by atoms with Crippen LogP contribution in [0.15, 0.2) is 30.8 Å². The number of hydrogen-bond acceptors (Lipinski definition) is 3. The van der Waals surface area contributed by atoms with Crippen molar-refractivity contribution in [3.05, 3.63) is 42.0 Å². The van der Waals surface area contributed by atoms with E-state index in [0.717, 1.165) is 12.0 Å². The molecule has 1 aromatic rings. The molecular formula is C16H26O3Si. The summed E-state index contributed by atoms with van der Waals surface area (Å²) in [5.41, 5.74) is 1.81. The molecule has 0 aromatic heterocycles. The molecule has 0 fully saturated rings. The lowest BCUT2D eigenvalue weighted by Gasteiger charge is -2.31. The van der Waals surface area contributed by atoms with Gasteiger partial charge in [0.2, 0.25) is 9.76 Å². The van der Waals surface area contributed by atoms with Crippen molar-refractivity contribution in [3.8, 4) is 0 Å². The van der Waals surface area contributed by atoms with Gasteiger partial charge in [0, 0.05) is 13.2 Å². The fraction of sp³-hybridized carbons (Fsp3) is 0.500. The van der Waals surface area contributed by atoms with E-state index in [4.69, 9.17) is 13.9 Å². The standard InChI is InChI=1S/C16H26O3Si/c1-5-14-9-11-15(12-10-14)13-19-20-16(6-2,17-7-3)18-8-4/h5,9-12H,1,6-8,13,20H2,2-4H3. The smallest absolute Gasteiger partial charge is 0.228 e. The summed E-state index contributed by atoms with van der Waals surface area (Å²) in [7, 11) is -0.927. The van der Waals surface area contributed by atoms with E-state index >= 15 is 0 Å². The molecule has 0 saturated carbocycles. The summed E-state index contributed by atoms with van der Waals surface area (Å²) in [6, 6.07) is 8.23. The Morgan fingerprint density at radius 3 is 2.15 bits per heavy atom. The third-order valence-electron chi connectivity index (χ3n) is 3.16. The van der Waals surface area contributed by atoms with Crippen molar-refractivity contribution in [3.63, 3.8) is 0 Å². The topological polar surface area (TPSA) is 27.7 Å². The molecule has 0 aliphatic carbocycles. The van der Waals surface area contributed by atoms with E-state index in [2.05, 4.69) is 25.6 Å². The van der Waals surface area contributed by atoms with Crippen molar-refractivity contribution in [2.24, 2.45) is 0 Å². The van der Waals surface area contributed by atoms with Crippen LogP contribution < -0.4 is 0 Å². The Labute approximate surface area is 124 Å². The maximum Gasteiger partial charge on any atom is 0.228 e. The average Bonchev–Trinajstić information content (AvgIpc) is 2.48. The fourth-order valence-electron chi connectivity index (χ4n) is 2.03. The summed E-state index contributed by atoms with van der Waals surface area (Å²) in [6.45, 7) is 11.7. The molecule has 0 N–H and O–H groups in total. The summed E-state index contributed by atoms with van der Waals surface area (Å²) < 4.78 is 17.5. The Kier molecular flexibility index (Phi) is 7.77. The average molecular weight is 294 g/mol. The molecule has 4 heteroatoms. The molecule has 0 bridgehead atoms. The lowest BCUT2D eigenvalue weighted by Crippen LogP contribution is -2.43. The molecule has 0 unspecified atom stereocenters. The van der Waals surface area contributed by atoms with Gasteiger partial charge < -0.3 is 13.9 Å². The highest BCUT2D eigenvalue weighted by molar-refractivity contribution is 6.31. The monoisotopic (exact) mass is 294 g/mol. The zero-order valence-corrected chi connectivity index (χ0v) is 14.3. The number of hydrogen-bond donors (Lipinski definition) is 0. The van der Waals surface area contributed by atoms with Crippen LogP contribution in [0.4, 0.5) is 0 Å². The predicted octanol–water partition coefficient (Wildman–Crippen LogP) is 3.07. The van der Waals surface area contributed by atoms with Crippen LogP contribution in [0.5, 0.6) is 0 Å². The summed E-state index contributed by atoms with van der Waals surface area (Å²) in [6.07, 6.45) is 2.67. The van der Waals surface area contributed by atoms with Crippen LogP contribution in [0.3, 0.4) is 0 Å². The minimum absolute atomic E-state index is 0.482. The van der Waals surface area contributed by atoms with E-state index in [0.29, 0.717) is 19.8 Å². The highest BCUT2D eigenvalue weighted by atomic mass is 28.2. The molecule has 0 heterocycles. The van der Waals surface area contributed by atoms with Crippen LogP contribution >= 0.6 is 0 Å². The Balaban J connectivity index is 2.52. The van der Waals surface area contributed by atoms with Crippen molar-refractivity contribution in [2.75, 3.05) is 13.2 Å². The molecule has 0 radical (unpaired) electrons. The Morgan fingerprint density at radius 1 is 1.10 bits per heavy atom. The van der Waals surface area contributed by atoms with E-state index in [9.17, 15) is 0 Å². The van der Waals surface area contributed by atoms with Crippen molar-refractivity contribution < 1.29 is 13.9 Å². The van der Waals surface area contributed by atoms with E-state index in [1.54, 1.807) is 0 Å². The van der Waals surface area contributed by atoms with E-state index in [1.807, 2.05) is 32.1 Å². The highest BCUT2D eigenvalue weighted by Gasteiger charge is 2.30. The van der Waals surface area contributed by atoms with Crippen molar-refractivity contribution >= 4 is 15.8 Å². The third-order valence-corrected chi connectivity index (χ3v) is 4.92. The summed E-state index contributed by atoms with van der Waals surface area (Å²) >= 11 is 0. The molecule has 0 amide bonds. The van der Waals surface area contributed by atoms with Gasteiger partial charge in [0.25, 0.3) is 0 Å². The Bertz CT molecular complexity index is 383. The summed E-state index contributed by atoms with van der Waals surface area (Å²) in [5, 5.41) is 0.